The summed E-state index contributed by atoms with van der Waals surface area (Å²) in [5, 5.41) is 22.3. The molecule has 3 aromatic rings. The van der Waals surface area contributed by atoms with Crippen LogP contribution in [0.3, 0.4) is 0 Å². The van der Waals surface area contributed by atoms with Gasteiger partial charge in [0.05, 0.1) is 22.9 Å². The second-order valence-corrected chi connectivity index (χ2v) is 7.48. The van der Waals surface area contributed by atoms with Crippen molar-refractivity contribution in [3.05, 3.63) is 76.3 Å². The Labute approximate surface area is 163 Å². The van der Waals surface area contributed by atoms with Crippen LogP contribution >= 0.6 is 23.1 Å². The van der Waals surface area contributed by atoms with Gasteiger partial charge in [-0.15, -0.1) is 11.3 Å². The molecule has 2 N–H and O–H groups in total. The van der Waals surface area contributed by atoms with E-state index in [9.17, 15) is 14.7 Å². The minimum absolute atomic E-state index is 0.123. The van der Waals surface area contributed by atoms with E-state index < -0.39 is 11.9 Å². The molecule has 6 nitrogen and oxygen atoms in total. The summed E-state index contributed by atoms with van der Waals surface area (Å²) in [5.41, 5.74) is 1.57. The van der Waals surface area contributed by atoms with Crippen LogP contribution in [0.1, 0.15) is 32.0 Å². The van der Waals surface area contributed by atoms with Gasteiger partial charge in [-0.1, -0.05) is 42.1 Å². The Bertz CT molecular complexity index is 1030. The van der Waals surface area contributed by atoms with Crippen molar-refractivity contribution in [1.82, 2.24) is 4.98 Å². The number of aromatic carboxylic acids is 1. The van der Waals surface area contributed by atoms with E-state index >= 15 is 0 Å². The number of thiazole rings is 1. The van der Waals surface area contributed by atoms with Gasteiger partial charge in [-0.25, -0.2) is 9.78 Å². The molecule has 0 bridgehead atoms. The van der Waals surface area contributed by atoms with Gasteiger partial charge >= 0.3 is 5.97 Å². The summed E-state index contributed by atoms with van der Waals surface area (Å²) in [4.78, 5) is 28.1. The number of rotatable bonds is 6. The number of thioether (sulfide) groups is 1. The van der Waals surface area contributed by atoms with Gasteiger partial charge in [-0.2, -0.15) is 5.26 Å². The number of anilines is 1. The molecule has 0 aliphatic carbocycles. The van der Waals surface area contributed by atoms with Crippen molar-refractivity contribution in [3.63, 3.8) is 0 Å². The van der Waals surface area contributed by atoms with Crippen LogP contribution in [-0.4, -0.2) is 22.0 Å². The lowest BCUT2D eigenvalue weighted by molar-refractivity contribution is 0.0698. The third-order valence-corrected chi connectivity index (χ3v) is 5.64. The molecule has 0 aliphatic rings. The lowest BCUT2D eigenvalue weighted by atomic mass is 10.1. The number of carboxylic acid groups (broad SMARTS) is 1. The summed E-state index contributed by atoms with van der Waals surface area (Å²) in [5.74, 6) is -0.974. The molecule has 27 heavy (non-hydrogen) atoms. The Morgan fingerprint density at radius 1 is 1.22 bits per heavy atom. The van der Waals surface area contributed by atoms with Crippen molar-refractivity contribution >= 4 is 40.7 Å². The van der Waals surface area contributed by atoms with Crippen molar-refractivity contribution in [2.45, 2.75) is 10.1 Å². The monoisotopic (exact) mass is 395 g/mol. The first-order valence-electron chi connectivity index (χ1n) is 7.78. The summed E-state index contributed by atoms with van der Waals surface area (Å²) in [6.45, 7) is 0. The van der Waals surface area contributed by atoms with Crippen molar-refractivity contribution in [2.24, 2.45) is 0 Å². The average Bonchev–Trinajstić information content (AvgIpc) is 3.16. The highest BCUT2D eigenvalue weighted by Crippen LogP contribution is 2.27. The van der Waals surface area contributed by atoms with Gasteiger partial charge in [-0.3, -0.25) is 4.79 Å². The third kappa shape index (κ3) is 4.73. The summed E-state index contributed by atoms with van der Waals surface area (Å²) < 4.78 is 0.752. The number of amides is 1. The van der Waals surface area contributed by atoms with Gasteiger partial charge in [0, 0.05) is 11.1 Å². The molecule has 8 heteroatoms. The minimum Gasteiger partial charge on any atom is -0.478 e. The maximum absolute atomic E-state index is 12.4. The number of carbonyl (C=O) groups excluding carboxylic acids is 1. The highest BCUT2D eigenvalue weighted by atomic mass is 32.2. The topological polar surface area (TPSA) is 103 Å². The largest absolute Gasteiger partial charge is 0.478 e. The zero-order valence-electron chi connectivity index (χ0n) is 13.9. The van der Waals surface area contributed by atoms with Crippen LogP contribution in [0.5, 0.6) is 0 Å². The van der Waals surface area contributed by atoms with Crippen LogP contribution in [0.25, 0.3) is 0 Å². The zero-order chi connectivity index (χ0) is 19.2. The standard InChI is InChI=1S/C19H13N3O3S2/c20-9-13-6-7-15(14(8-13)18(24)25)21-17(23)16-11-27-19(22-16)26-10-12-4-2-1-3-5-12/h1-8,11H,10H2,(H,21,23)(H,24,25). The maximum Gasteiger partial charge on any atom is 0.337 e. The SMILES string of the molecule is N#Cc1ccc(NC(=O)c2csc(SCc3ccccc3)n2)c(C(=O)O)c1. The number of carbonyl (C=O) groups is 2. The number of benzene rings is 2. The Morgan fingerprint density at radius 2 is 2.00 bits per heavy atom. The average molecular weight is 395 g/mol. The minimum atomic E-state index is -1.22. The highest BCUT2D eigenvalue weighted by Gasteiger charge is 2.16. The van der Waals surface area contributed by atoms with E-state index in [0.717, 1.165) is 15.7 Å². The number of nitriles is 1. The Balaban J connectivity index is 1.70. The second kappa shape index (κ2) is 8.49. The van der Waals surface area contributed by atoms with Crippen molar-refractivity contribution in [2.75, 3.05) is 5.32 Å². The smallest absolute Gasteiger partial charge is 0.337 e. The molecule has 0 saturated carbocycles. The van der Waals surface area contributed by atoms with Crippen molar-refractivity contribution < 1.29 is 14.7 Å². The number of nitrogens with one attached hydrogen (secondary N) is 1. The Kier molecular flexibility index (Phi) is 5.86. The fourth-order valence-electron chi connectivity index (χ4n) is 2.23. The van der Waals surface area contributed by atoms with Gasteiger partial charge < -0.3 is 10.4 Å². The lowest BCUT2D eigenvalue weighted by Crippen LogP contribution is -2.15. The van der Waals surface area contributed by atoms with E-state index in [-0.39, 0.29) is 22.5 Å². The number of aromatic nitrogens is 1. The Hall–Kier alpha value is -3.15. The van der Waals surface area contributed by atoms with Gasteiger partial charge in [-0.05, 0) is 23.8 Å². The molecule has 0 spiro atoms. The lowest BCUT2D eigenvalue weighted by Gasteiger charge is -2.07. The molecule has 0 saturated heterocycles. The molecule has 0 atom stereocenters. The number of nitrogens with zero attached hydrogens (tertiary/aromatic N) is 2. The molecule has 0 fully saturated rings. The molecule has 0 radical (unpaired) electrons. The van der Waals surface area contributed by atoms with Crippen LogP contribution in [0, 0.1) is 11.3 Å². The molecule has 1 heterocycles. The van der Waals surface area contributed by atoms with Crippen LogP contribution in [0.2, 0.25) is 0 Å². The fourth-order valence-corrected chi connectivity index (χ4v) is 4.00. The zero-order valence-corrected chi connectivity index (χ0v) is 15.5. The molecule has 134 valence electrons. The van der Waals surface area contributed by atoms with Crippen LogP contribution in [-0.2, 0) is 5.75 Å². The summed E-state index contributed by atoms with van der Waals surface area (Å²) in [6, 6.07) is 15.9. The molecule has 0 unspecified atom stereocenters. The predicted molar refractivity (Wildman–Crippen MR) is 104 cm³/mol. The van der Waals surface area contributed by atoms with Crippen LogP contribution in [0.4, 0.5) is 5.69 Å². The molecule has 0 aliphatic heterocycles. The number of hydrogen-bond donors (Lipinski definition) is 2. The van der Waals surface area contributed by atoms with Crippen molar-refractivity contribution in [1.29, 1.82) is 5.26 Å². The number of carboxylic acids is 1. The van der Waals surface area contributed by atoms with Crippen molar-refractivity contribution in [3.8, 4) is 6.07 Å². The molecular weight excluding hydrogens is 382 g/mol. The predicted octanol–water partition coefficient (Wildman–Crippen LogP) is 4.26. The second-order valence-electron chi connectivity index (χ2n) is 5.40. The van der Waals surface area contributed by atoms with E-state index in [0.29, 0.717) is 0 Å². The molecule has 2 aromatic carbocycles. The number of hydrogen-bond acceptors (Lipinski definition) is 6. The van der Waals surface area contributed by atoms with Crippen LogP contribution in [0.15, 0.2) is 58.3 Å². The summed E-state index contributed by atoms with van der Waals surface area (Å²) in [7, 11) is 0. The first kappa shape index (κ1) is 18.6. The third-order valence-electron chi connectivity index (χ3n) is 3.55. The first-order valence-corrected chi connectivity index (χ1v) is 9.64. The first-order chi connectivity index (χ1) is 13.1. The normalized spacial score (nSPS) is 10.2. The summed E-state index contributed by atoms with van der Waals surface area (Å²) >= 11 is 2.88. The highest BCUT2D eigenvalue weighted by molar-refractivity contribution is 8.00. The molecular formula is C19H13N3O3S2. The Morgan fingerprint density at radius 3 is 2.70 bits per heavy atom. The van der Waals surface area contributed by atoms with E-state index in [1.165, 1.54) is 41.3 Å². The van der Waals surface area contributed by atoms with Gasteiger partial charge in [0.15, 0.2) is 4.34 Å². The summed E-state index contributed by atoms with van der Waals surface area (Å²) in [6.07, 6.45) is 0. The van der Waals surface area contributed by atoms with E-state index in [2.05, 4.69) is 10.3 Å². The van der Waals surface area contributed by atoms with Crippen LogP contribution < -0.4 is 5.32 Å². The maximum atomic E-state index is 12.4. The van der Waals surface area contributed by atoms with E-state index in [1.807, 2.05) is 36.4 Å². The van der Waals surface area contributed by atoms with E-state index in [1.54, 1.807) is 5.38 Å². The molecule has 3 rings (SSSR count). The molecule has 1 amide bonds. The quantitative estimate of drug-likeness (QED) is 0.605. The van der Waals surface area contributed by atoms with Gasteiger partial charge in [0.2, 0.25) is 0 Å². The molecule has 1 aromatic heterocycles. The fraction of sp³-hybridized carbons (Fsp3) is 0.0526. The van der Waals surface area contributed by atoms with Gasteiger partial charge in [0.1, 0.15) is 5.69 Å². The van der Waals surface area contributed by atoms with Gasteiger partial charge in [0.25, 0.3) is 5.91 Å². The van der Waals surface area contributed by atoms with E-state index in [4.69, 9.17) is 5.26 Å².